The molecule has 5 aromatic carbocycles. The van der Waals surface area contributed by atoms with Crippen LogP contribution in [0.25, 0.3) is 43.1 Å². The molecule has 0 heterocycles. The molecule has 0 nitrogen and oxygen atoms in total. The molecule has 0 bridgehead atoms. The van der Waals surface area contributed by atoms with Crippen molar-refractivity contribution in [1.82, 2.24) is 0 Å². The summed E-state index contributed by atoms with van der Waals surface area (Å²) in [5.41, 5.74) is 2.97. The molecular formula is C28H27Br. The van der Waals surface area contributed by atoms with Gasteiger partial charge in [0.1, 0.15) is 0 Å². The Morgan fingerprint density at radius 3 is 1.59 bits per heavy atom. The lowest BCUT2D eigenvalue weighted by atomic mass is 9.79. The minimum atomic E-state index is 0.102. The van der Waals surface area contributed by atoms with Gasteiger partial charge in [-0.2, -0.15) is 0 Å². The number of benzene rings is 5. The van der Waals surface area contributed by atoms with Crippen LogP contribution in [0.15, 0.2) is 59.1 Å². The topological polar surface area (TPSA) is 0 Å². The van der Waals surface area contributed by atoms with Crippen molar-refractivity contribution < 1.29 is 0 Å². The standard InChI is InChI=1S/C28H27Br/c1-27(2,3)17-11-16-12-24(29)23-15-18(28(4,5)6)14-22-20-10-8-7-9-19(20)21(13-17)25(16)26(22)23/h7-15H,1-6H3. The van der Waals surface area contributed by atoms with E-state index in [4.69, 9.17) is 0 Å². The molecule has 0 aliphatic heterocycles. The molecule has 1 heteroatoms. The monoisotopic (exact) mass is 442 g/mol. The first-order chi connectivity index (χ1) is 13.6. The summed E-state index contributed by atoms with van der Waals surface area (Å²) in [6.07, 6.45) is 0. The van der Waals surface area contributed by atoms with Crippen molar-refractivity contribution in [2.75, 3.05) is 0 Å². The van der Waals surface area contributed by atoms with Gasteiger partial charge in [-0.3, -0.25) is 0 Å². The number of hydrogen-bond acceptors (Lipinski definition) is 0. The van der Waals surface area contributed by atoms with Crippen LogP contribution in [0.2, 0.25) is 0 Å². The molecule has 0 saturated carbocycles. The van der Waals surface area contributed by atoms with Crippen LogP contribution in [-0.4, -0.2) is 0 Å². The van der Waals surface area contributed by atoms with E-state index >= 15 is 0 Å². The number of fused-ring (bicyclic) bond motifs is 3. The molecule has 0 aromatic heterocycles. The lowest BCUT2D eigenvalue weighted by Crippen LogP contribution is -2.12. The third-order valence-corrected chi connectivity index (χ3v) is 6.99. The van der Waals surface area contributed by atoms with Crippen molar-refractivity contribution in [3.63, 3.8) is 0 Å². The lowest BCUT2D eigenvalue weighted by molar-refractivity contribution is 0.591. The molecule has 0 fully saturated rings. The van der Waals surface area contributed by atoms with Gasteiger partial charge in [-0.15, -0.1) is 0 Å². The highest BCUT2D eigenvalue weighted by Gasteiger charge is 2.22. The number of rotatable bonds is 0. The molecular weight excluding hydrogens is 416 g/mol. The quantitative estimate of drug-likeness (QED) is 0.165. The van der Waals surface area contributed by atoms with Crippen LogP contribution in [0, 0.1) is 0 Å². The summed E-state index contributed by atoms with van der Waals surface area (Å²) in [7, 11) is 0. The fraction of sp³-hybridized carbons (Fsp3) is 0.286. The van der Waals surface area contributed by atoms with E-state index in [0.29, 0.717) is 0 Å². The van der Waals surface area contributed by atoms with Crippen molar-refractivity contribution in [2.24, 2.45) is 0 Å². The second-order valence-corrected chi connectivity index (χ2v) is 11.3. The SMILES string of the molecule is CC(C)(C)c1cc2cc(Br)c3cc(C(C)(C)C)cc4c5ccccc5c(c1)c2c34. The zero-order valence-electron chi connectivity index (χ0n) is 18.1. The summed E-state index contributed by atoms with van der Waals surface area (Å²) in [5, 5.41) is 10.9. The molecule has 0 radical (unpaired) electrons. The van der Waals surface area contributed by atoms with Gasteiger partial charge >= 0.3 is 0 Å². The molecule has 0 saturated heterocycles. The zero-order valence-corrected chi connectivity index (χ0v) is 19.7. The summed E-state index contributed by atoms with van der Waals surface area (Å²) in [6, 6.07) is 20.9. The minimum absolute atomic E-state index is 0.102. The van der Waals surface area contributed by atoms with Gasteiger partial charge < -0.3 is 0 Å². The van der Waals surface area contributed by atoms with Gasteiger partial charge in [-0.05, 0) is 89.3 Å². The molecule has 0 spiro atoms. The summed E-state index contributed by atoms with van der Waals surface area (Å²) < 4.78 is 1.18. The Morgan fingerprint density at radius 1 is 0.552 bits per heavy atom. The van der Waals surface area contributed by atoms with Crippen LogP contribution in [-0.2, 0) is 10.8 Å². The van der Waals surface area contributed by atoms with E-state index in [-0.39, 0.29) is 10.8 Å². The zero-order chi connectivity index (χ0) is 20.7. The van der Waals surface area contributed by atoms with Gasteiger partial charge in [-0.1, -0.05) is 87.8 Å². The minimum Gasteiger partial charge on any atom is -0.0616 e. The fourth-order valence-electron chi connectivity index (χ4n) is 4.62. The van der Waals surface area contributed by atoms with Crippen LogP contribution in [0.3, 0.4) is 0 Å². The Kier molecular flexibility index (Phi) is 3.87. The Labute approximate surface area is 181 Å². The van der Waals surface area contributed by atoms with Crippen LogP contribution in [0.4, 0.5) is 0 Å². The summed E-state index contributed by atoms with van der Waals surface area (Å²) in [5.74, 6) is 0. The third kappa shape index (κ3) is 2.78. The Bertz CT molecular complexity index is 1410. The molecule has 29 heavy (non-hydrogen) atoms. The van der Waals surface area contributed by atoms with Crippen molar-refractivity contribution >= 4 is 59.0 Å². The maximum atomic E-state index is 3.92. The number of hydrogen-bond donors (Lipinski definition) is 0. The van der Waals surface area contributed by atoms with Crippen LogP contribution < -0.4 is 0 Å². The van der Waals surface area contributed by atoms with E-state index in [9.17, 15) is 0 Å². The molecule has 5 rings (SSSR count). The van der Waals surface area contributed by atoms with Crippen molar-refractivity contribution in [1.29, 1.82) is 0 Å². The molecule has 146 valence electrons. The van der Waals surface area contributed by atoms with Gasteiger partial charge in [0.25, 0.3) is 0 Å². The van der Waals surface area contributed by atoms with E-state index < -0.39 is 0 Å². The molecule has 0 aliphatic carbocycles. The van der Waals surface area contributed by atoms with E-state index in [1.165, 1.54) is 58.7 Å². The Balaban J connectivity index is 2.13. The summed E-state index contributed by atoms with van der Waals surface area (Å²) in [4.78, 5) is 0. The average Bonchev–Trinajstić information content (AvgIpc) is 2.65. The molecule has 0 N–H and O–H groups in total. The van der Waals surface area contributed by atoms with Crippen LogP contribution in [0.1, 0.15) is 52.7 Å². The molecule has 0 atom stereocenters. The lowest BCUT2D eigenvalue weighted by Gasteiger charge is -2.25. The normalized spacial score (nSPS) is 13.3. The van der Waals surface area contributed by atoms with Crippen molar-refractivity contribution in [3.05, 3.63) is 70.2 Å². The third-order valence-electron chi connectivity index (χ3n) is 6.34. The highest BCUT2D eigenvalue weighted by Crippen LogP contribution is 2.46. The Hall–Kier alpha value is -2.12. The van der Waals surface area contributed by atoms with Crippen molar-refractivity contribution in [2.45, 2.75) is 52.4 Å². The predicted octanol–water partition coefficient (Wildman–Crippen LogP) is 9.09. The maximum Gasteiger partial charge on any atom is 0.0260 e. The highest BCUT2D eigenvalue weighted by molar-refractivity contribution is 9.10. The van der Waals surface area contributed by atoms with E-state index in [2.05, 4.69) is 112 Å². The van der Waals surface area contributed by atoms with E-state index in [1.807, 2.05) is 0 Å². The second kappa shape index (κ2) is 5.95. The van der Waals surface area contributed by atoms with Gasteiger partial charge in [0.2, 0.25) is 0 Å². The number of halogens is 1. The summed E-state index contributed by atoms with van der Waals surface area (Å²) >= 11 is 3.92. The van der Waals surface area contributed by atoms with Gasteiger partial charge in [0, 0.05) is 4.47 Å². The molecule has 5 aromatic rings. The molecule has 0 unspecified atom stereocenters. The predicted molar refractivity (Wildman–Crippen MR) is 133 cm³/mol. The molecule has 0 aliphatic rings. The van der Waals surface area contributed by atoms with Gasteiger partial charge in [0.05, 0.1) is 0 Å². The average molecular weight is 443 g/mol. The van der Waals surface area contributed by atoms with E-state index in [0.717, 1.165) is 0 Å². The van der Waals surface area contributed by atoms with Crippen molar-refractivity contribution in [3.8, 4) is 0 Å². The summed E-state index contributed by atoms with van der Waals surface area (Å²) in [6.45, 7) is 13.8. The van der Waals surface area contributed by atoms with E-state index in [1.54, 1.807) is 0 Å². The van der Waals surface area contributed by atoms with Gasteiger partial charge in [-0.25, -0.2) is 0 Å². The van der Waals surface area contributed by atoms with Crippen LogP contribution >= 0.6 is 15.9 Å². The second-order valence-electron chi connectivity index (χ2n) is 10.5. The first-order valence-corrected chi connectivity index (χ1v) is 11.2. The van der Waals surface area contributed by atoms with Gasteiger partial charge in [0.15, 0.2) is 0 Å². The molecule has 0 amide bonds. The highest BCUT2D eigenvalue weighted by atomic mass is 79.9. The fourth-order valence-corrected chi connectivity index (χ4v) is 5.17. The first kappa shape index (κ1) is 18.9. The maximum absolute atomic E-state index is 3.92. The largest absolute Gasteiger partial charge is 0.0616 e. The van der Waals surface area contributed by atoms with Crippen LogP contribution in [0.5, 0.6) is 0 Å². The first-order valence-electron chi connectivity index (χ1n) is 10.4. The Morgan fingerprint density at radius 2 is 1.03 bits per heavy atom. The smallest absolute Gasteiger partial charge is 0.0260 e.